The van der Waals surface area contributed by atoms with Gasteiger partial charge in [0.05, 0.1) is 17.5 Å². The number of unbranched alkanes of at least 4 members (excludes halogenated alkanes) is 3. The second-order valence-electron chi connectivity index (χ2n) is 4.15. The topological polar surface area (TPSA) is 35.0 Å². The number of nitrogens with zero attached hydrogens (tertiary/aromatic N) is 2. The minimum absolute atomic E-state index is 0.695. The van der Waals surface area contributed by atoms with Crippen molar-refractivity contribution in [1.29, 1.82) is 0 Å². The molecule has 1 aromatic carbocycles. The normalized spacial score (nSPS) is 10.7. The van der Waals surface area contributed by atoms with Gasteiger partial charge in [-0.25, -0.2) is 9.97 Å². The summed E-state index contributed by atoms with van der Waals surface area (Å²) in [6.07, 6.45) is 6.32. The molecule has 0 aliphatic heterocycles. The zero-order valence-corrected chi connectivity index (χ0v) is 11.9. The molecule has 0 fully saturated rings. The monoisotopic (exact) mass is 308 g/mol. The van der Waals surface area contributed by atoms with E-state index in [-0.39, 0.29) is 0 Å². The molecule has 3 nitrogen and oxygen atoms in total. The highest BCUT2D eigenvalue weighted by atomic mass is 79.9. The number of hydrogen-bond donors (Lipinski definition) is 0. The fourth-order valence-electron chi connectivity index (χ4n) is 1.81. The Morgan fingerprint density at radius 1 is 1.00 bits per heavy atom. The molecule has 0 aliphatic carbocycles. The Hall–Kier alpha value is -1.16. The van der Waals surface area contributed by atoms with Crippen LogP contribution in [0.15, 0.2) is 30.6 Å². The van der Waals surface area contributed by atoms with Crippen molar-refractivity contribution in [3.8, 4) is 5.88 Å². The van der Waals surface area contributed by atoms with Crippen molar-refractivity contribution in [1.82, 2.24) is 9.97 Å². The summed E-state index contributed by atoms with van der Waals surface area (Å²) < 4.78 is 5.74. The molecule has 0 atom stereocenters. The molecule has 1 aromatic heterocycles. The second-order valence-corrected chi connectivity index (χ2v) is 4.94. The van der Waals surface area contributed by atoms with E-state index in [1.165, 1.54) is 19.3 Å². The van der Waals surface area contributed by atoms with Crippen LogP contribution in [0.1, 0.15) is 25.7 Å². The van der Waals surface area contributed by atoms with Gasteiger partial charge in [-0.1, -0.05) is 40.9 Å². The standard InChI is InChI=1S/C14H17BrN2O/c15-9-5-1-2-6-10-18-14-12-7-3-4-8-13(12)16-11-17-14/h3-4,7-8,11H,1-2,5-6,9-10H2. The molecule has 18 heavy (non-hydrogen) atoms. The van der Waals surface area contributed by atoms with Crippen LogP contribution in [0.25, 0.3) is 10.9 Å². The molecule has 96 valence electrons. The minimum Gasteiger partial charge on any atom is -0.477 e. The van der Waals surface area contributed by atoms with Gasteiger partial charge < -0.3 is 4.74 Å². The van der Waals surface area contributed by atoms with Crippen LogP contribution in [0.3, 0.4) is 0 Å². The van der Waals surface area contributed by atoms with E-state index in [1.807, 2.05) is 24.3 Å². The lowest BCUT2D eigenvalue weighted by Crippen LogP contribution is -2.00. The average molecular weight is 309 g/mol. The Balaban J connectivity index is 1.88. The zero-order chi connectivity index (χ0) is 12.6. The number of halogens is 1. The molecule has 0 bridgehead atoms. The van der Waals surface area contributed by atoms with E-state index in [1.54, 1.807) is 6.33 Å². The molecule has 0 N–H and O–H groups in total. The predicted molar refractivity (Wildman–Crippen MR) is 77.3 cm³/mol. The number of para-hydroxylation sites is 1. The lowest BCUT2D eigenvalue weighted by Gasteiger charge is -2.07. The van der Waals surface area contributed by atoms with Crippen LogP contribution in [-0.4, -0.2) is 21.9 Å². The first-order valence-corrected chi connectivity index (χ1v) is 7.42. The van der Waals surface area contributed by atoms with Crippen LogP contribution < -0.4 is 4.74 Å². The molecule has 0 amide bonds. The van der Waals surface area contributed by atoms with Crippen molar-refractivity contribution in [2.75, 3.05) is 11.9 Å². The van der Waals surface area contributed by atoms with Gasteiger partial charge in [0, 0.05) is 5.33 Å². The van der Waals surface area contributed by atoms with Crippen LogP contribution in [0.4, 0.5) is 0 Å². The van der Waals surface area contributed by atoms with Crippen molar-refractivity contribution >= 4 is 26.8 Å². The van der Waals surface area contributed by atoms with Crippen LogP contribution in [0.2, 0.25) is 0 Å². The van der Waals surface area contributed by atoms with Crippen molar-refractivity contribution in [2.24, 2.45) is 0 Å². The Kier molecular flexibility index (Phi) is 5.39. The van der Waals surface area contributed by atoms with E-state index in [0.717, 1.165) is 29.3 Å². The first kappa shape index (κ1) is 13.3. The summed E-state index contributed by atoms with van der Waals surface area (Å²) in [7, 11) is 0. The first-order valence-electron chi connectivity index (χ1n) is 6.30. The maximum atomic E-state index is 5.74. The number of alkyl halides is 1. The molecule has 1 heterocycles. The number of hydrogen-bond acceptors (Lipinski definition) is 3. The first-order chi connectivity index (χ1) is 8.92. The van der Waals surface area contributed by atoms with Crippen LogP contribution in [0.5, 0.6) is 5.88 Å². The smallest absolute Gasteiger partial charge is 0.224 e. The van der Waals surface area contributed by atoms with E-state index < -0.39 is 0 Å². The molecule has 0 unspecified atom stereocenters. The number of rotatable bonds is 7. The van der Waals surface area contributed by atoms with E-state index in [9.17, 15) is 0 Å². The molecule has 0 radical (unpaired) electrons. The summed E-state index contributed by atoms with van der Waals surface area (Å²) in [4.78, 5) is 8.41. The maximum absolute atomic E-state index is 5.74. The van der Waals surface area contributed by atoms with Crippen molar-refractivity contribution in [2.45, 2.75) is 25.7 Å². The summed E-state index contributed by atoms with van der Waals surface area (Å²) in [5, 5.41) is 2.07. The predicted octanol–water partition coefficient (Wildman–Crippen LogP) is 3.96. The second kappa shape index (κ2) is 7.31. The number of aromatic nitrogens is 2. The van der Waals surface area contributed by atoms with Crippen LogP contribution in [0, 0.1) is 0 Å². The van der Waals surface area contributed by atoms with Gasteiger partial charge in [0.2, 0.25) is 5.88 Å². The minimum atomic E-state index is 0.695. The molecule has 0 saturated heterocycles. The summed E-state index contributed by atoms with van der Waals surface area (Å²) >= 11 is 3.43. The molecule has 0 aliphatic rings. The molecular formula is C14H17BrN2O. The highest BCUT2D eigenvalue weighted by molar-refractivity contribution is 9.09. The quantitative estimate of drug-likeness (QED) is 0.573. The highest BCUT2D eigenvalue weighted by Crippen LogP contribution is 2.20. The van der Waals surface area contributed by atoms with E-state index in [0.29, 0.717) is 5.88 Å². The van der Waals surface area contributed by atoms with Crippen LogP contribution in [-0.2, 0) is 0 Å². The van der Waals surface area contributed by atoms with Gasteiger partial charge in [0.1, 0.15) is 6.33 Å². The Morgan fingerprint density at radius 3 is 2.72 bits per heavy atom. The van der Waals surface area contributed by atoms with Crippen molar-refractivity contribution < 1.29 is 4.74 Å². The van der Waals surface area contributed by atoms with Gasteiger partial charge in [-0.3, -0.25) is 0 Å². The molecule has 2 aromatic rings. The zero-order valence-electron chi connectivity index (χ0n) is 10.3. The average Bonchev–Trinajstić information content (AvgIpc) is 2.43. The summed E-state index contributed by atoms with van der Waals surface area (Å²) in [6.45, 7) is 0.725. The lowest BCUT2D eigenvalue weighted by molar-refractivity contribution is 0.297. The Morgan fingerprint density at radius 2 is 1.83 bits per heavy atom. The van der Waals surface area contributed by atoms with Crippen molar-refractivity contribution in [3.05, 3.63) is 30.6 Å². The van der Waals surface area contributed by atoms with Gasteiger partial charge in [0.25, 0.3) is 0 Å². The number of fused-ring (bicyclic) bond motifs is 1. The van der Waals surface area contributed by atoms with E-state index in [4.69, 9.17) is 4.74 Å². The van der Waals surface area contributed by atoms with Gasteiger partial charge in [-0.2, -0.15) is 0 Å². The summed E-state index contributed by atoms with van der Waals surface area (Å²) in [5.41, 5.74) is 0.932. The van der Waals surface area contributed by atoms with E-state index in [2.05, 4.69) is 25.9 Å². The van der Waals surface area contributed by atoms with Crippen molar-refractivity contribution in [3.63, 3.8) is 0 Å². The summed E-state index contributed by atoms with van der Waals surface area (Å²) in [5.74, 6) is 0.695. The summed E-state index contributed by atoms with van der Waals surface area (Å²) in [6, 6.07) is 7.92. The molecule has 0 saturated carbocycles. The molecular weight excluding hydrogens is 292 g/mol. The third kappa shape index (κ3) is 3.67. The maximum Gasteiger partial charge on any atom is 0.224 e. The third-order valence-electron chi connectivity index (χ3n) is 2.77. The largest absolute Gasteiger partial charge is 0.477 e. The molecule has 0 spiro atoms. The fraction of sp³-hybridized carbons (Fsp3) is 0.429. The van der Waals surface area contributed by atoms with Gasteiger partial charge in [0.15, 0.2) is 0 Å². The van der Waals surface area contributed by atoms with Gasteiger partial charge in [-0.05, 0) is 25.0 Å². The highest BCUT2D eigenvalue weighted by Gasteiger charge is 2.03. The van der Waals surface area contributed by atoms with Gasteiger partial charge in [-0.15, -0.1) is 0 Å². The molecule has 4 heteroatoms. The lowest BCUT2D eigenvalue weighted by atomic mass is 10.2. The van der Waals surface area contributed by atoms with E-state index >= 15 is 0 Å². The fourth-order valence-corrected chi connectivity index (χ4v) is 2.21. The Labute approximate surface area is 116 Å². The third-order valence-corrected chi connectivity index (χ3v) is 3.33. The number of benzene rings is 1. The number of ether oxygens (including phenoxy) is 1. The van der Waals surface area contributed by atoms with Crippen LogP contribution >= 0.6 is 15.9 Å². The SMILES string of the molecule is BrCCCCCCOc1ncnc2ccccc12. The Bertz CT molecular complexity index is 485. The van der Waals surface area contributed by atoms with Gasteiger partial charge >= 0.3 is 0 Å². The molecule has 2 rings (SSSR count).